The van der Waals surface area contributed by atoms with Gasteiger partial charge in [0, 0.05) is 0 Å². The van der Waals surface area contributed by atoms with Crippen LogP contribution in [0.1, 0.15) is 5.69 Å². The molecule has 0 atom stereocenters. The second kappa shape index (κ2) is 5.66. The molecule has 0 radical (unpaired) electrons. The van der Waals surface area contributed by atoms with Crippen LogP contribution in [0, 0.1) is 22.9 Å². The fourth-order valence-corrected chi connectivity index (χ4v) is 2.23. The van der Waals surface area contributed by atoms with Crippen LogP contribution in [0.3, 0.4) is 0 Å². The van der Waals surface area contributed by atoms with Crippen molar-refractivity contribution in [1.29, 1.82) is 0 Å². The Balaban J connectivity index is 2.57. The fourth-order valence-electron chi connectivity index (χ4n) is 1.67. The lowest BCUT2D eigenvalue weighted by Crippen LogP contribution is -2.07. The molecule has 1 aromatic carbocycles. The third-order valence-electron chi connectivity index (χ3n) is 2.51. The van der Waals surface area contributed by atoms with Crippen molar-refractivity contribution in [2.24, 2.45) is 0 Å². The fraction of sp³-hybridized carbons (Fsp3) is 0.0909. The van der Waals surface area contributed by atoms with Crippen LogP contribution < -0.4 is 11.1 Å². The van der Waals surface area contributed by atoms with E-state index in [1.165, 1.54) is 6.92 Å². The van der Waals surface area contributed by atoms with Gasteiger partial charge in [0.05, 0.1) is 20.7 Å². The molecule has 7 nitrogen and oxygen atoms in total. The van der Waals surface area contributed by atoms with E-state index in [0.29, 0.717) is 0 Å². The van der Waals surface area contributed by atoms with Crippen molar-refractivity contribution in [3.8, 4) is 0 Å². The maximum absolute atomic E-state index is 13.1. The Morgan fingerprint density at radius 2 is 1.90 bits per heavy atom. The number of hydrogen-bond donors (Lipinski definition) is 2. The molecule has 2 rings (SSSR count). The Kier molecular flexibility index (Phi) is 4.10. The summed E-state index contributed by atoms with van der Waals surface area (Å²) in [5, 5.41) is 13.6. The first-order valence-electron chi connectivity index (χ1n) is 5.49. The molecule has 0 aliphatic rings. The van der Waals surface area contributed by atoms with Crippen molar-refractivity contribution in [1.82, 2.24) is 9.97 Å². The van der Waals surface area contributed by atoms with E-state index in [4.69, 9.17) is 28.9 Å². The lowest BCUT2D eigenvalue weighted by atomic mass is 10.3. The van der Waals surface area contributed by atoms with E-state index >= 15 is 0 Å². The molecule has 1 aromatic heterocycles. The van der Waals surface area contributed by atoms with Crippen LogP contribution in [0.2, 0.25) is 10.0 Å². The molecule has 3 N–H and O–H groups in total. The summed E-state index contributed by atoms with van der Waals surface area (Å²) in [6, 6.07) is 2.03. The molecule has 0 spiro atoms. The van der Waals surface area contributed by atoms with E-state index in [1.54, 1.807) is 0 Å². The predicted molar refractivity (Wildman–Crippen MR) is 77.5 cm³/mol. The van der Waals surface area contributed by atoms with Gasteiger partial charge in [-0.1, -0.05) is 23.2 Å². The third kappa shape index (κ3) is 3.11. The van der Waals surface area contributed by atoms with Gasteiger partial charge in [0.1, 0.15) is 11.5 Å². The van der Waals surface area contributed by atoms with Gasteiger partial charge in [0.25, 0.3) is 0 Å². The SMILES string of the molecule is Cc1nc(N)nc(Nc2c(Cl)cc(F)cc2Cl)c1[N+](=O)[O-]. The number of nitro groups is 1. The highest BCUT2D eigenvalue weighted by Gasteiger charge is 2.23. The van der Waals surface area contributed by atoms with Gasteiger partial charge in [-0.15, -0.1) is 0 Å². The maximum atomic E-state index is 13.1. The molecule has 2 aromatic rings. The average Bonchev–Trinajstić information content (AvgIpc) is 2.32. The van der Waals surface area contributed by atoms with Crippen molar-refractivity contribution < 1.29 is 9.31 Å². The molecule has 110 valence electrons. The monoisotopic (exact) mass is 331 g/mol. The van der Waals surface area contributed by atoms with Gasteiger partial charge in [-0.3, -0.25) is 10.1 Å². The highest BCUT2D eigenvalue weighted by Crippen LogP contribution is 2.36. The number of nitrogen functional groups attached to an aromatic ring is 1. The molecule has 0 fully saturated rings. The highest BCUT2D eigenvalue weighted by molar-refractivity contribution is 6.39. The number of aromatic nitrogens is 2. The van der Waals surface area contributed by atoms with Gasteiger partial charge < -0.3 is 11.1 Å². The summed E-state index contributed by atoms with van der Waals surface area (Å²) in [7, 11) is 0. The van der Waals surface area contributed by atoms with Crippen molar-refractivity contribution >= 4 is 46.3 Å². The van der Waals surface area contributed by atoms with Crippen LogP contribution in [0.5, 0.6) is 0 Å². The summed E-state index contributed by atoms with van der Waals surface area (Å²) in [5.74, 6) is -0.973. The molecule has 0 aliphatic heterocycles. The van der Waals surface area contributed by atoms with Gasteiger partial charge in [-0.05, 0) is 19.1 Å². The predicted octanol–water partition coefficient (Wildman–Crippen LogP) is 3.46. The smallest absolute Gasteiger partial charge is 0.332 e. The van der Waals surface area contributed by atoms with Crippen LogP contribution in [0.4, 0.5) is 27.5 Å². The number of rotatable bonds is 3. The highest BCUT2D eigenvalue weighted by atomic mass is 35.5. The van der Waals surface area contributed by atoms with Crippen LogP contribution in [-0.4, -0.2) is 14.9 Å². The van der Waals surface area contributed by atoms with Crippen molar-refractivity contribution in [2.45, 2.75) is 6.92 Å². The lowest BCUT2D eigenvalue weighted by molar-refractivity contribution is -0.385. The van der Waals surface area contributed by atoms with Gasteiger partial charge in [0.15, 0.2) is 0 Å². The minimum absolute atomic E-state index is 0.0517. The van der Waals surface area contributed by atoms with E-state index < -0.39 is 10.7 Å². The Morgan fingerprint density at radius 1 is 1.33 bits per heavy atom. The molecule has 0 saturated carbocycles. The quantitative estimate of drug-likeness (QED) is 0.658. The summed E-state index contributed by atoms with van der Waals surface area (Å²) >= 11 is 11.7. The van der Waals surface area contributed by atoms with Crippen molar-refractivity contribution in [3.63, 3.8) is 0 Å². The van der Waals surface area contributed by atoms with Crippen molar-refractivity contribution in [3.05, 3.63) is 43.8 Å². The largest absolute Gasteiger partial charge is 0.368 e. The van der Waals surface area contributed by atoms with Gasteiger partial charge >= 0.3 is 5.69 Å². The zero-order valence-electron chi connectivity index (χ0n) is 10.5. The molecule has 0 saturated heterocycles. The molecule has 0 bridgehead atoms. The molecular weight excluding hydrogens is 324 g/mol. The second-order valence-electron chi connectivity index (χ2n) is 3.99. The third-order valence-corrected chi connectivity index (χ3v) is 3.10. The topological polar surface area (TPSA) is 107 Å². The lowest BCUT2D eigenvalue weighted by Gasteiger charge is -2.11. The Labute approximate surface area is 128 Å². The van der Waals surface area contributed by atoms with Crippen LogP contribution in [0.25, 0.3) is 0 Å². The first kappa shape index (κ1) is 15.2. The zero-order valence-corrected chi connectivity index (χ0v) is 12.0. The Hall–Kier alpha value is -2.19. The molecule has 0 amide bonds. The number of nitrogens with two attached hydrogens (primary N) is 1. The number of nitrogens with one attached hydrogen (secondary N) is 1. The van der Waals surface area contributed by atoms with E-state index in [9.17, 15) is 14.5 Å². The Morgan fingerprint density at radius 3 is 2.43 bits per heavy atom. The number of aryl methyl sites for hydroxylation is 1. The standard InChI is InChI=1S/C11H8Cl2FN5O2/c1-4-9(19(20)21)10(18-11(15)16-4)17-8-6(12)2-5(14)3-7(8)13/h2-3H,1H3,(H3,15,16,17,18). The van der Waals surface area contributed by atoms with Gasteiger partial charge in [-0.25, -0.2) is 9.37 Å². The average molecular weight is 332 g/mol. The maximum Gasteiger partial charge on any atom is 0.332 e. The number of benzene rings is 1. The van der Waals surface area contributed by atoms with E-state index in [2.05, 4.69) is 15.3 Å². The normalized spacial score (nSPS) is 10.5. The summed E-state index contributed by atoms with van der Waals surface area (Å²) in [6.07, 6.45) is 0. The van der Waals surface area contributed by atoms with Gasteiger partial charge in [0.2, 0.25) is 11.8 Å². The van der Waals surface area contributed by atoms with Crippen molar-refractivity contribution in [2.75, 3.05) is 11.1 Å². The van der Waals surface area contributed by atoms with E-state index in [-0.39, 0.29) is 38.9 Å². The Bertz CT molecular complexity index is 718. The van der Waals surface area contributed by atoms with E-state index in [1.807, 2.05) is 0 Å². The number of nitrogens with zero attached hydrogens (tertiary/aromatic N) is 3. The summed E-state index contributed by atoms with van der Waals surface area (Å²) in [6.45, 7) is 1.41. The molecule has 1 heterocycles. The minimum Gasteiger partial charge on any atom is -0.368 e. The first-order valence-corrected chi connectivity index (χ1v) is 6.25. The van der Waals surface area contributed by atoms with Gasteiger partial charge in [-0.2, -0.15) is 4.98 Å². The van der Waals surface area contributed by atoms with Crippen LogP contribution >= 0.6 is 23.2 Å². The minimum atomic E-state index is -0.664. The molecule has 0 aliphatic carbocycles. The summed E-state index contributed by atoms with van der Waals surface area (Å²) in [4.78, 5) is 17.9. The number of hydrogen-bond acceptors (Lipinski definition) is 6. The van der Waals surface area contributed by atoms with E-state index in [0.717, 1.165) is 12.1 Å². The molecule has 21 heavy (non-hydrogen) atoms. The zero-order chi connectivity index (χ0) is 15.7. The number of halogens is 3. The summed E-state index contributed by atoms with van der Waals surface area (Å²) < 4.78 is 13.1. The second-order valence-corrected chi connectivity index (χ2v) is 4.81. The van der Waals surface area contributed by atoms with Crippen LogP contribution in [-0.2, 0) is 0 Å². The number of anilines is 3. The summed E-state index contributed by atoms with van der Waals surface area (Å²) in [5.41, 5.74) is 5.25. The molecular formula is C11H8Cl2FN5O2. The molecule has 0 unspecified atom stereocenters. The first-order chi connectivity index (χ1) is 9.79. The molecule has 10 heteroatoms. The van der Waals surface area contributed by atoms with Crippen LogP contribution in [0.15, 0.2) is 12.1 Å².